The van der Waals surface area contributed by atoms with Gasteiger partial charge in [-0.3, -0.25) is 0 Å². The highest BCUT2D eigenvalue weighted by atomic mass is 32.2. The Morgan fingerprint density at radius 3 is 2.46 bits per heavy atom. The van der Waals surface area contributed by atoms with Gasteiger partial charge in [-0.05, 0) is 19.1 Å². The predicted molar refractivity (Wildman–Crippen MR) is 54.5 cm³/mol. The fourth-order valence-electron chi connectivity index (χ4n) is 0.998. The Labute approximate surface area is 78.9 Å². The summed E-state index contributed by atoms with van der Waals surface area (Å²) in [6.45, 7) is 1.78. The second-order valence-corrected chi connectivity index (χ2v) is 3.49. The summed E-state index contributed by atoms with van der Waals surface area (Å²) in [5, 5.41) is 4.24. The summed E-state index contributed by atoms with van der Waals surface area (Å²) in [6, 6.07) is 9.29. The van der Waals surface area contributed by atoms with Crippen LogP contribution < -0.4 is 5.32 Å². The van der Waals surface area contributed by atoms with E-state index >= 15 is 0 Å². The number of nitrogens with one attached hydrogen (secondary N) is 1. The number of hydrogen-bond donors (Lipinski definition) is 1. The highest BCUT2D eigenvalue weighted by molar-refractivity contribution is 7.71. The molecule has 0 bridgehead atoms. The molecular formula is C9H11NO2S. The molecule has 3 nitrogen and oxygen atoms in total. The lowest BCUT2D eigenvalue weighted by Crippen LogP contribution is -2.16. The zero-order chi connectivity index (χ0) is 9.68. The summed E-state index contributed by atoms with van der Waals surface area (Å²) >= 11 is 0. The van der Waals surface area contributed by atoms with E-state index in [0.717, 1.165) is 5.69 Å². The van der Waals surface area contributed by atoms with E-state index in [1.54, 1.807) is 6.92 Å². The third kappa shape index (κ3) is 3.75. The predicted octanol–water partition coefficient (Wildman–Crippen LogP) is 1.17. The first-order valence-corrected chi connectivity index (χ1v) is 5.07. The van der Waals surface area contributed by atoms with Crippen molar-refractivity contribution in [1.82, 2.24) is 0 Å². The van der Waals surface area contributed by atoms with Crippen molar-refractivity contribution in [3.8, 4) is 0 Å². The van der Waals surface area contributed by atoms with Crippen LogP contribution in [0.4, 0.5) is 5.69 Å². The van der Waals surface area contributed by atoms with Gasteiger partial charge in [0.25, 0.3) is 0 Å². The van der Waals surface area contributed by atoms with Crippen molar-refractivity contribution in [3.63, 3.8) is 0 Å². The van der Waals surface area contributed by atoms with E-state index < -0.39 is 10.3 Å². The first kappa shape index (κ1) is 9.80. The minimum atomic E-state index is -2.11. The maximum atomic E-state index is 10.3. The van der Waals surface area contributed by atoms with Crippen LogP contribution in [0, 0.1) is 0 Å². The Hall–Kier alpha value is -1.29. The van der Waals surface area contributed by atoms with Crippen molar-refractivity contribution >= 4 is 21.3 Å². The van der Waals surface area contributed by atoms with Gasteiger partial charge in [0, 0.05) is 5.69 Å². The monoisotopic (exact) mass is 197 g/mol. The molecule has 0 aromatic heterocycles. The molecule has 4 heteroatoms. The Morgan fingerprint density at radius 1 is 1.31 bits per heavy atom. The van der Waals surface area contributed by atoms with E-state index in [4.69, 9.17) is 0 Å². The Bertz CT molecular complexity index is 375. The molecule has 70 valence electrons. The molecule has 0 aliphatic rings. The average Bonchev–Trinajstić information content (AvgIpc) is 2.04. The molecule has 1 aromatic carbocycles. The maximum Gasteiger partial charge on any atom is 0.212 e. The molecule has 1 aromatic rings. The molecule has 0 amide bonds. The molecule has 0 heterocycles. The fraction of sp³-hybridized carbons (Fsp3) is 0.222. The van der Waals surface area contributed by atoms with Crippen LogP contribution >= 0.6 is 0 Å². The van der Waals surface area contributed by atoms with E-state index in [1.807, 2.05) is 30.3 Å². The molecule has 0 aliphatic carbocycles. The van der Waals surface area contributed by atoms with Crippen LogP contribution in [-0.2, 0) is 10.3 Å². The molecule has 1 unspecified atom stereocenters. The van der Waals surface area contributed by atoms with Crippen molar-refractivity contribution in [2.24, 2.45) is 0 Å². The van der Waals surface area contributed by atoms with Gasteiger partial charge in [0.05, 0.1) is 11.4 Å². The summed E-state index contributed by atoms with van der Waals surface area (Å²) in [5.74, 6) is 0. The summed E-state index contributed by atoms with van der Waals surface area (Å²) in [7, 11) is -2.11. The third-order valence-electron chi connectivity index (χ3n) is 1.48. The molecule has 0 saturated carbocycles. The van der Waals surface area contributed by atoms with Crippen LogP contribution in [0.2, 0.25) is 0 Å². The normalized spacial score (nSPS) is 11.8. The Balaban J connectivity index is 2.65. The zero-order valence-corrected chi connectivity index (χ0v) is 8.08. The van der Waals surface area contributed by atoms with Gasteiger partial charge in [0.2, 0.25) is 10.3 Å². The quantitative estimate of drug-likeness (QED) is 0.740. The van der Waals surface area contributed by atoms with Crippen molar-refractivity contribution in [2.75, 3.05) is 5.32 Å². The minimum absolute atomic E-state index is 0.180. The first-order chi connectivity index (χ1) is 6.18. The highest BCUT2D eigenvalue weighted by Crippen LogP contribution is 2.05. The van der Waals surface area contributed by atoms with E-state index in [2.05, 4.69) is 5.32 Å². The lowest BCUT2D eigenvalue weighted by molar-refractivity contribution is 0.627. The van der Waals surface area contributed by atoms with Crippen molar-refractivity contribution in [1.29, 1.82) is 0 Å². The molecule has 1 N–H and O–H groups in total. The van der Waals surface area contributed by atoms with Gasteiger partial charge in [-0.15, -0.1) is 0 Å². The molecule has 1 rings (SSSR count). The molecule has 0 spiro atoms. The molecule has 0 fully saturated rings. The van der Waals surface area contributed by atoms with Crippen molar-refractivity contribution in [3.05, 3.63) is 30.3 Å². The number of para-hydroxylation sites is 1. The van der Waals surface area contributed by atoms with Crippen LogP contribution in [0.25, 0.3) is 0 Å². The second-order valence-electron chi connectivity index (χ2n) is 2.70. The lowest BCUT2D eigenvalue weighted by Gasteiger charge is -2.08. The van der Waals surface area contributed by atoms with Gasteiger partial charge in [-0.1, -0.05) is 18.2 Å². The Morgan fingerprint density at radius 2 is 1.92 bits per heavy atom. The second kappa shape index (κ2) is 4.67. The van der Waals surface area contributed by atoms with Crippen LogP contribution in [0.1, 0.15) is 6.92 Å². The van der Waals surface area contributed by atoms with Crippen molar-refractivity contribution in [2.45, 2.75) is 13.0 Å². The minimum Gasteiger partial charge on any atom is -0.378 e. The highest BCUT2D eigenvalue weighted by Gasteiger charge is 1.96. The van der Waals surface area contributed by atoms with Crippen LogP contribution in [0.15, 0.2) is 30.3 Å². The van der Waals surface area contributed by atoms with Gasteiger partial charge in [-0.2, -0.15) is 8.42 Å². The van der Waals surface area contributed by atoms with E-state index in [-0.39, 0.29) is 6.04 Å². The summed E-state index contributed by atoms with van der Waals surface area (Å²) in [4.78, 5) is 0. The summed E-state index contributed by atoms with van der Waals surface area (Å²) < 4.78 is 20.6. The van der Waals surface area contributed by atoms with Gasteiger partial charge >= 0.3 is 0 Å². The molecular weight excluding hydrogens is 186 g/mol. The standard InChI is InChI=1S/C9H11NO2S/c1-8(7-13(11)12)10-9-5-3-2-4-6-9/h2-8,10H,1H3. The Kier molecular flexibility index (Phi) is 3.52. The van der Waals surface area contributed by atoms with Gasteiger partial charge < -0.3 is 5.32 Å². The molecule has 1 atom stereocenters. The topological polar surface area (TPSA) is 46.2 Å². The lowest BCUT2D eigenvalue weighted by atomic mass is 10.3. The average molecular weight is 197 g/mol. The summed E-state index contributed by atoms with van der Waals surface area (Å²) in [6.07, 6.45) is 0. The van der Waals surface area contributed by atoms with Crippen LogP contribution in [0.3, 0.4) is 0 Å². The zero-order valence-electron chi connectivity index (χ0n) is 7.27. The van der Waals surface area contributed by atoms with Crippen molar-refractivity contribution < 1.29 is 8.42 Å². The largest absolute Gasteiger partial charge is 0.378 e. The smallest absolute Gasteiger partial charge is 0.212 e. The molecule has 0 radical (unpaired) electrons. The third-order valence-corrected chi connectivity index (χ3v) is 2.11. The number of benzene rings is 1. The van der Waals surface area contributed by atoms with Crippen LogP contribution in [-0.4, -0.2) is 19.8 Å². The van der Waals surface area contributed by atoms with Crippen LogP contribution in [0.5, 0.6) is 0 Å². The van der Waals surface area contributed by atoms with Gasteiger partial charge in [0.1, 0.15) is 0 Å². The maximum absolute atomic E-state index is 10.3. The SMILES string of the molecule is CC(C=S(=O)=O)Nc1ccccc1. The van der Waals surface area contributed by atoms with Gasteiger partial charge in [0.15, 0.2) is 0 Å². The first-order valence-electron chi connectivity index (χ1n) is 3.93. The van der Waals surface area contributed by atoms with Gasteiger partial charge in [-0.25, -0.2) is 0 Å². The number of rotatable bonds is 3. The van der Waals surface area contributed by atoms with E-state index in [9.17, 15) is 8.42 Å². The summed E-state index contributed by atoms with van der Waals surface area (Å²) in [5.41, 5.74) is 0.914. The van der Waals surface area contributed by atoms with E-state index in [0.29, 0.717) is 0 Å². The fourth-order valence-corrected chi connectivity index (χ4v) is 1.40. The molecule has 13 heavy (non-hydrogen) atoms. The number of anilines is 1. The molecule has 0 saturated heterocycles. The van der Waals surface area contributed by atoms with E-state index in [1.165, 1.54) is 5.37 Å². The molecule has 0 aliphatic heterocycles. The number of hydrogen-bond acceptors (Lipinski definition) is 3.